The second kappa shape index (κ2) is 8.16. The largest absolute Gasteiger partial charge is 1.00 e. The van der Waals surface area contributed by atoms with Crippen molar-refractivity contribution in [2.24, 2.45) is 0 Å². The second-order valence-electron chi connectivity index (χ2n) is 8.72. The van der Waals surface area contributed by atoms with E-state index in [1.54, 1.807) is 10.6 Å². The van der Waals surface area contributed by atoms with Gasteiger partial charge in [-0.05, 0) is 64.3 Å². The Balaban J connectivity index is 0.00000245. The number of benzene rings is 1. The molecule has 5 rings (SSSR count). The van der Waals surface area contributed by atoms with Crippen LogP contribution in [0.15, 0.2) is 27.5 Å². The van der Waals surface area contributed by atoms with Crippen LogP contribution in [-0.2, 0) is 13.0 Å². The monoisotopic (exact) mass is 427 g/mol. The Kier molecular flexibility index (Phi) is 5.35. The minimum absolute atomic E-state index is 0. The van der Waals surface area contributed by atoms with Gasteiger partial charge < -0.3 is 14.5 Å². The fourth-order valence-corrected chi connectivity index (χ4v) is 4.98. The first-order valence-electron chi connectivity index (χ1n) is 11.1. The number of aromatic nitrogens is 3. The maximum absolute atomic E-state index is 13.4. The van der Waals surface area contributed by atoms with Gasteiger partial charge >= 0.3 is 1.43 Å². The Bertz CT molecular complexity index is 1170. The van der Waals surface area contributed by atoms with E-state index in [0.717, 1.165) is 61.2 Å². The first kappa shape index (κ1) is 20.3. The molecular formula is C23H28FN4O3+. The lowest BCUT2D eigenvalue weighted by Crippen LogP contribution is -2.37. The van der Waals surface area contributed by atoms with Crippen molar-refractivity contribution in [3.8, 4) is 0 Å². The fraction of sp³-hybridized carbons (Fsp3) is 0.522. The summed E-state index contributed by atoms with van der Waals surface area (Å²) >= 11 is 0. The summed E-state index contributed by atoms with van der Waals surface area (Å²) in [6, 6.07) is 4.58. The molecule has 0 saturated carbocycles. The zero-order valence-corrected chi connectivity index (χ0v) is 17.7. The molecule has 164 valence electrons. The van der Waals surface area contributed by atoms with E-state index in [1.165, 1.54) is 12.1 Å². The highest BCUT2D eigenvalue weighted by Crippen LogP contribution is 2.32. The molecule has 0 bridgehead atoms. The van der Waals surface area contributed by atoms with E-state index < -0.39 is 6.10 Å². The maximum atomic E-state index is 13.4. The van der Waals surface area contributed by atoms with Gasteiger partial charge in [0, 0.05) is 41.7 Å². The fourth-order valence-electron chi connectivity index (χ4n) is 4.98. The van der Waals surface area contributed by atoms with Crippen molar-refractivity contribution in [2.45, 2.75) is 57.6 Å². The number of aliphatic hydroxyl groups excluding tert-OH is 1. The van der Waals surface area contributed by atoms with Gasteiger partial charge in [-0.25, -0.2) is 9.37 Å². The van der Waals surface area contributed by atoms with Gasteiger partial charge in [0.25, 0.3) is 5.56 Å². The minimum Gasteiger partial charge on any atom is -0.385 e. The van der Waals surface area contributed by atoms with Crippen LogP contribution < -0.4 is 5.56 Å². The summed E-state index contributed by atoms with van der Waals surface area (Å²) in [6.07, 6.45) is 3.38. The Morgan fingerprint density at radius 2 is 2.06 bits per heavy atom. The van der Waals surface area contributed by atoms with Gasteiger partial charge in [0.1, 0.15) is 17.7 Å². The lowest BCUT2D eigenvalue weighted by atomic mass is 9.91. The number of aliphatic hydroxyl groups is 1. The van der Waals surface area contributed by atoms with Crippen LogP contribution >= 0.6 is 0 Å². The number of fused-ring (bicyclic) bond motifs is 2. The van der Waals surface area contributed by atoms with Gasteiger partial charge in [0.05, 0.1) is 5.69 Å². The summed E-state index contributed by atoms with van der Waals surface area (Å²) in [7, 11) is 0. The highest BCUT2D eigenvalue weighted by molar-refractivity contribution is 5.79. The summed E-state index contributed by atoms with van der Waals surface area (Å²) < 4.78 is 20.4. The van der Waals surface area contributed by atoms with Crippen molar-refractivity contribution < 1.29 is 15.4 Å². The predicted molar refractivity (Wildman–Crippen MR) is 115 cm³/mol. The third-order valence-corrected chi connectivity index (χ3v) is 6.77. The van der Waals surface area contributed by atoms with E-state index in [9.17, 15) is 14.3 Å². The molecule has 0 unspecified atom stereocenters. The minimum atomic E-state index is -0.641. The first-order valence-corrected chi connectivity index (χ1v) is 11.1. The molecule has 0 spiro atoms. The molecule has 0 amide bonds. The molecule has 1 aromatic carbocycles. The highest BCUT2D eigenvalue weighted by Gasteiger charge is 2.26. The Hall–Kier alpha value is -2.58. The van der Waals surface area contributed by atoms with Crippen LogP contribution in [0, 0.1) is 12.7 Å². The number of hydrogen-bond donors (Lipinski definition) is 1. The molecule has 2 aliphatic heterocycles. The smallest absolute Gasteiger partial charge is 0.385 e. The van der Waals surface area contributed by atoms with Crippen LogP contribution in [0.5, 0.6) is 0 Å². The van der Waals surface area contributed by atoms with E-state index >= 15 is 0 Å². The molecular weight excluding hydrogens is 399 g/mol. The molecule has 1 N–H and O–H groups in total. The van der Waals surface area contributed by atoms with Gasteiger partial charge in [0.15, 0.2) is 5.58 Å². The normalized spacial score (nSPS) is 20.3. The number of nitrogens with zero attached hydrogens (tertiary/aromatic N) is 4. The number of aryl methyl sites for hydroxylation is 1. The van der Waals surface area contributed by atoms with Gasteiger partial charge in [0.2, 0.25) is 0 Å². The van der Waals surface area contributed by atoms with Crippen molar-refractivity contribution in [3.05, 3.63) is 57.1 Å². The summed E-state index contributed by atoms with van der Waals surface area (Å²) in [4.78, 5) is 19.9. The molecule has 1 fully saturated rings. The number of hydrogen-bond acceptors (Lipinski definition) is 6. The predicted octanol–water partition coefficient (Wildman–Crippen LogP) is 3.19. The van der Waals surface area contributed by atoms with Gasteiger partial charge in [-0.1, -0.05) is 5.16 Å². The Labute approximate surface area is 181 Å². The number of rotatable bonds is 4. The molecule has 1 saturated heterocycles. The van der Waals surface area contributed by atoms with Crippen LogP contribution in [0.1, 0.15) is 61.9 Å². The van der Waals surface area contributed by atoms with Crippen molar-refractivity contribution >= 4 is 11.0 Å². The van der Waals surface area contributed by atoms with E-state index in [1.807, 2.05) is 6.92 Å². The average Bonchev–Trinajstić information content (AvgIpc) is 3.18. The van der Waals surface area contributed by atoms with Crippen molar-refractivity contribution in [1.82, 2.24) is 19.6 Å². The van der Waals surface area contributed by atoms with Crippen LogP contribution in [0.25, 0.3) is 11.0 Å². The zero-order chi connectivity index (χ0) is 21.5. The maximum Gasteiger partial charge on any atom is 1.00 e. The van der Waals surface area contributed by atoms with E-state index in [2.05, 4.69) is 15.0 Å². The SMILES string of the molecule is Cc1nc2n(c(=O)c1CCN1CCC(c3noc4cc(F)ccc34)CC1)CCC[C@H]2O.[H+]. The third-order valence-electron chi connectivity index (χ3n) is 6.77. The Morgan fingerprint density at radius 3 is 2.87 bits per heavy atom. The van der Waals surface area contributed by atoms with Crippen LogP contribution in [-0.4, -0.2) is 44.3 Å². The molecule has 4 heterocycles. The van der Waals surface area contributed by atoms with Crippen molar-refractivity contribution in [3.63, 3.8) is 0 Å². The van der Waals surface area contributed by atoms with Crippen molar-refractivity contribution in [1.29, 1.82) is 0 Å². The highest BCUT2D eigenvalue weighted by atomic mass is 19.1. The summed E-state index contributed by atoms with van der Waals surface area (Å²) in [5.74, 6) is 0.489. The third kappa shape index (κ3) is 3.78. The number of halogens is 1. The molecule has 2 aromatic heterocycles. The number of likely N-dealkylation sites (tertiary alicyclic amines) is 1. The number of piperidine rings is 1. The molecule has 0 aliphatic carbocycles. The summed E-state index contributed by atoms with van der Waals surface area (Å²) in [6.45, 7) is 5.13. The van der Waals surface area contributed by atoms with Gasteiger partial charge in [-0.2, -0.15) is 0 Å². The van der Waals surface area contributed by atoms with E-state index in [-0.39, 0.29) is 12.8 Å². The lowest BCUT2D eigenvalue weighted by molar-refractivity contribution is 0.129. The molecule has 31 heavy (non-hydrogen) atoms. The summed E-state index contributed by atoms with van der Waals surface area (Å²) in [5, 5.41) is 15.3. The zero-order valence-electron chi connectivity index (χ0n) is 18.7. The van der Waals surface area contributed by atoms with E-state index in [0.29, 0.717) is 36.7 Å². The van der Waals surface area contributed by atoms with Gasteiger partial charge in [-0.15, -0.1) is 0 Å². The lowest BCUT2D eigenvalue weighted by Gasteiger charge is -2.31. The molecule has 3 aromatic rings. The van der Waals surface area contributed by atoms with Crippen LogP contribution in [0.2, 0.25) is 0 Å². The van der Waals surface area contributed by atoms with Gasteiger partial charge in [-0.3, -0.25) is 9.36 Å². The molecule has 1 atom stereocenters. The standard InChI is InChI=1S/C23H27FN4O3/c1-14-17(23(30)28-9-2-3-19(29)22(28)25-14)8-12-27-10-6-15(7-11-27)21-18-5-4-16(24)13-20(18)31-26-21/h4-5,13,15,19,29H,2-3,6-12H2,1H3/p+1/t19-/m1/s1. The molecule has 8 heteroatoms. The van der Waals surface area contributed by atoms with Crippen LogP contribution in [0.4, 0.5) is 4.39 Å². The summed E-state index contributed by atoms with van der Waals surface area (Å²) in [5.41, 5.74) is 2.90. The molecule has 0 radical (unpaired) electrons. The van der Waals surface area contributed by atoms with Crippen molar-refractivity contribution in [2.75, 3.05) is 19.6 Å². The molecule has 2 aliphatic rings. The Morgan fingerprint density at radius 1 is 1.26 bits per heavy atom. The van der Waals surface area contributed by atoms with Crippen LogP contribution in [0.3, 0.4) is 0 Å². The average molecular weight is 428 g/mol. The second-order valence-corrected chi connectivity index (χ2v) is 8.72. The first-order chi connectivity index (χ1) is 15.0. The molecule has 7 nitrogen and oxygen atoms in total. The quantitative estimate of drug-likeness (QED) is 0.688. The topological polar surface area (TPSA) is 84.4 Å². The van der Waals surface area contributed by atoms with E-state index in [4.69, 9.17) is 4.52 Å².